The quantitative estimate of drug-likeness (QED) is 0.0169. The third-order valence-corrected chi connectivity index (χ3v) is 19.3. The number of rotatable bonds is 72. The summed E-state index contributed by atoms with van der Waals surface area (Å²) in [5, 5.41) is 10.6. The average Bonchev–Trinajstić information content (AvgIpc) is 1.88. The zero-order chi connectivity index (χ0) is 70.1. The number of aliphatic hydroxyl groups excluding tert-OH is 1. The second-order valence-corrected chi connectivity index (χ2v) is 30.8. The first-order chi connectivity index (χ1) is 45.8. The Hall–Kier alpha value is -2.46. The maximum Gasteiger partial charge on any atom is 0.472 e. The lowest BCUT2D eigenvalue weighted by molar-refractivity contribution is -0.161. The molecular weight excluding hydrogens is 1250 g/mol. The van der Waals surface area contributed by atoms with Crippen LogP contribution in [0.25, 0.3) is 0 Å². The lowest BCUT2D eigenvalue weighted by Gasteiger charge is -2.21. The van der Waals surface area contributed by atoms with Crippen molar-refractivity contribution in [2.24, 2.45) is 17.8 Å². The largest absolute Gasteiger partial charge is 0.472 e. The van der Waals surface area contributed by atoms with E-state index in [1.54, 1.807) is 0 Å². The van der Waals surface area contributed by atoms with Gasteiger partial charge in [0.05, 0.1) is 26.4 Å². The molecule has 0 heterocycles. The van der Waals surface area contributed by atoms with Crippen LogP contribution in [0.2, 0.25) is 0 Å². The summed E-state index contributed by atoms with van der Waals surface area (Å²) in [5.74, 6) is 0.0982. The van der Waals surface area contributed by atoms with Crippen molar-refractivity contribution in [1.82, 2.24) is 0 Å². The summed E-state index contributed by atoms with van der Waals surface area (Å²) < 4.78 is 68.4. The molecule has 0 aliphatic rings. The molecular formula is C76H144O17P2. The zero-order valence-electron chi connectivity index (χ0n) is 61.6. The van der Waals surface area contributed by atoms with Crippen molar-refractivity contribution in [3.05, 3.63) is 24.3 Å². The fourth-order valence-electron chi connectivity index (χ4n) is 11.0. The molecule has 0 aromatic rings. The Kier molecular flexibility index (Phi) is 64.4. The van der Waals surface area contributed by atoms with Crippen molar-refractivity contribution >= 4 is 39.5 Å². The van der Waals surface area contributed by atoms with Gasteiger partial charge in [-0.05, 0) is 69.1 Å². The summed E-state index contributed by atoms with van der Waals surface area (Å²) in [7, 11) is -9.92. The summed E-state index contributed by atoms with van der Waals surface area (Å²) in [5.41, 5.74) is 0. The van der Waals surface area contributed by atoms with Crippen LogP contribution in [0, 0.1) is 17.8 Å². The lowest BCUT2D eigenvalue weighted by atomic mass is 10.00. The number of esters is 4. The van der Waals surface area contributed by atoms with Crippen LogP contribution in [0.3, 0.4) is 0 Å². The highest BCUT2D eigenvalue weighted by Gasteiger charge is 2.30. The molecule has 0 aromatic carbocycles. The molecule has 0 saturated heterocycles. The van der Waals surface area contributed by atoms with Crippen molar-refractivity contribution in [3.8, 4) is 0 Å². The Morgan fingerprint density at radius 1 is 0.347 bits per heavy atom. The van der Waals surface area contributed by atoms with Gasteiger partial charge < -0.3 is 33.8 Å². The summed E-state index contributed by atoms with van der Waals surface area (Å²) in [6.45, 7) is 11.8. The molecule has 0 amide bonds. The summed E-state index contributed by atoms with van der Waals surface area (Å²) in [6, 6.07) is 0. The number of carbonyl (C=O) groups is 4. The second-order valence-electron chi connectivity index (χ2n) is 27.9. The van der Waals surface area contributed by atoms with Crippen LogP contribution in [0.5, 0.6) is 0 Å². The zero-order valence-corrected chi connectivity index (χ0v) is 63.4. The third kappa shape index (κ3) is 68.5. The first-order valence-electron chi connectivity index (χ1n) is 38.7. The van der Waals surface area contributed by atoms with E-state index >= 15 is 0 Å². The van der Waals surface area contributed by atoms with Gasteiger partial charge in [-0.3, -0.25) is 37.3 Å². The average molecular weight is 1390 g/mol. The van der Waals surface area contributed by atoms with Gasteiger partial charge in [-0.1, -0.05) is 310 Å². The molecule has 95 heavy (non-hydrogen) atoms. The minimum atomic E-state index is -4.97. The number of phosphoric acid groups is 2. The van der Waals surface area contributed by atoms with Crippen molar-refractivity contribution < 1.29 is 80.2 Å². The maximum atomic E-state index is 13.1. The minimum Gasteiger partial charge on any atom is -0.462 e. The van der Waals surface area contributed by atoms with Crippen LogP contribution in [0.4, 0.5) is 0 Å². The van der Waals surface area contributed by atoms with Gasteiger partial charge in [0, 0.05) is 25.7 Å². The molecule has 0 radical (unpaired) electrons. The molecule has 3 N–H and O–H groups in total. The highest BCUT2D eigenvalue weighted by atomic mass is 31.2. The fourth-order valence-corrected chi connectivity index (χ4v) is 12.6. The summed E-state index contributed by atoms with van der Waals surface area (Å²) in [4.78, 5) is 72.7. The molecule has 0 rings (SSSR count). The predicted molar refractivity (Wildman–Crippen MR) is 386 cm³/mol. The molecule has 0 fully saturated rings. The standard InChI is InChI=1S/C76H144O17P2/c1-8-10-11-12-13-14-15-16-19-23-26-29-35-43-50-57-73(78)86-63-71(92-75(80)59-52-45-37-30-27-24-21-18-17-20-22-25-28-33-40-47-54-67(3)4)65-90-94(82,83)88-61-70(77)62-89-95(84,85)91-66-72(93-76(81)60-53-46-39-38-42-49-56-69(7)9-2)64-87-74(79)58-51-44-36-32-31-34-41-48-55-68(5)6/h14-16,19,67-72,77H,8-13,17-18,20-66H2,1-7H3,(H,82,83)(H,84,85)/b15-14-,19-16-/t69?,70?,71-,72-/m1/s1. The van der Waals surface area contributed by atoms with E-state index in [9.17, 15) is 43.2 Å². The Balaban J connectivity index is 5.26. The van der Waals surface area contributed by atoms with Gasteiger partial charge in [0.2, 0.25) is 0 Å². The van der Waals surface area contributed by atoms with E-state index in [1.165, 1.54) is 154 Å². The van der Waals surface area contributed by atoms with E-state index in [0.29, 0.717) is 25.7 Å². The fraction of sp³-hybridized carbons (Fsp3) is 0.895. The van der Waals surface area contributed by atoms with Gasteiger partial charge in [0.25, 0.3) is 0 Å². The van der Waals surface area contributed by atoms with Crippen LogP contribution in [-0.2, 0) is 65.4 Å². The second kappa shape index (κ2) is 66.1. The number of phosphoric ester groups is 2. The van der Waals surface area contributed by atoms with Gasteiger partial charge in [-0.15, -0.1) is 0 Å². The number of aliphatic hydroxyl groups is 1. The highest BCUT2D eigenvalue weighted by Crippen LogP contribution is 2.45. The lowest BCUT2D eigenvalue weighted by Crippen LogP contribution is -2.30. The molecule has 0 saturated carbocycles. The Bertz CT molecular complexity index is 1950. The first-order valence-corrected chi connectivity index (χ1v) is 41.7. The van der Waals surface area contributed by atoms with E-state index in [4.69, 9.17) is 37.0 Å². The molecule has 560 valence electrons. The van der Waals surface area contributed by atoms with E-state index in [0.717, 1.165) is 127 Å². The maximum absolute atomic E-state index is 13.1. The number of unbranched alkanes of at least 4 members (excludes halogenated alkanes) is 36. The number of hydrogen-bond acceptors (Lipinski definition) is 15. The van der Waals surface area contributed by atoms with Crippen LogP contribution in [0.15, 0.2) is 24.3 Å². The molecule has 6 atom stereocenters. The van der Waals surface area contributed by atoms with Gasteiger partial charge in [-0.25, -0.2) is 9.13 Å². The van der Waals surface area contributed by atoms with Crippen molar-refractivity contribution in [1.29, 1.82) is 0 Å². The number of carbonyl (C=O) groups excluding carboxylic acids is 4. The van der Waals surface area contributed by atoms with Gasteiger partial charge in [-0.2, -0.15) is 0 Å². The summed E-state index contributed by atoms with van der Waals surface area (Å²) in [6.07, 6.45) is 55.1. The van der Waals surface area contributed by atoms with Crippen LogP contribution < -0.4 is 0 Å². The smallest absolute Gasteiger partial charge is 0.462 e. The summed E-state index contributed by atoms with van der Waals surface area (Å²) >= 11 is 0. The van der Waals surface area contributed by atoms with E-state index in [-0.39, 0.29) is 25.7 Å². The molecule has 17 nitrogen and oxygen atoms in total. The van der Waals surface area contributed by atoms with Gasteiger partial charge in [0.1, 0.15) is 19.3 Å². The number of hydrogen-bond donors (Lipinski definition) is 3. The molecule has 0 aromatic heterocycles. The van der Waals surface area contributed by atoms with Gasteiger partial charge >= 0.3 is 39.5 Å². The Labute approximate surface area is 580 Å². The predicted octanol–water partition coefficient (Wildman–Crippen LogP) is 21.7. The van der Waals surface area contributed by atoms with Crippen LogP contribution in [0.1, 0.15) is 363 Å². The highest BCUT2D eigenvalue weighted by molar-refractivity contribution is 7.47. The molecule has 0 aliphatic carbocycles. The SMILES string of the molecule is CCCCCC/C=C\C=C/CCCCCCCC(=O)OC[C@H](COP(=O)(O)OCC(O)COP(=O)(O)OC[C@@H](COC(=O)CCCCCCCCCCC(C)C)OC(=O)CCCCCCCCC(C)CC)OC(=O)CCCCCCCCCCCCCCCCCCC(C)C. The minimum absolute atomic E-state index is 0.0999. The van der Waals surface area contributed by atoms with Gasteiger partial charge in [0.15, 0.2) is 12.2 Å². The van der Waals surface area contributed by atoms with E-state index in [1.807, 2.05) is 0 Å². The molecule has 4 unspecified atom stereocenters. The number of ether oxygens (including phenoxy) is 4. The Morgan fingerprint density at radius 3 is 0.937 bits per heavy atom. The number of allylic oxidation sites excluding steroid dienone is 4. The van der Waals surface area contributed by atoms with Crippen LogP contribution in [-0.4, -0.2) is 96.7 Å². The molecule has 0 spiro atoms. The van der Waals surface area contributed by atoms with Crippen molar-refractivity contribution in [2.45, 2.75) is 381 Å². The van der Waals surface area contributed by atoms with E-state index in [2.05, 4.69) is 72.8 Å². The van der Waals surface area contributed by atoms with Crippen molar-refractivity contribution in [2.75, 3.05) is 39.6 Å². The first kappa shape index (κ1) is 92.5. The van der Waals surface area contributed by atoms with Crippen molar-refractivity contribution in [3.63, 3.8) is 0 Å². The van der Waals surface area contributed by atoms with Crippen LogP contribution >= 0.6 is 15.6 Å². The molecule has 19 heteroatoms. The Morgan fingerprint density at radius 2 is 0.621 bits per heavy atom. The monoisotopic (exact) mass is 1390 g/mol. The third-order valence-electron chi connectivity index (χ3n) is 17.4. The molecule has 0 aliphatic heterocycles. The molecule has 0 bridgehead atoms. The van der Waals surface area contributed by atoms with E-state index < -0.39 is 97.5 Å². The normalized spacial score (nSPS) is 14.5. The topological polar surface area (TPSA) is 237 Å².